The Morgan fingerprint density at radius 3 is 2.88 bits per heavy atom. The average molecular weight is 249 g/mol. The van der Waals surface area contributed by atoms with Gasteiger partial charge in [-0.3, -0.25) is 4.98 Å². The summed E-state index contributed by atoms with van der Waals surface area (Å²) in [6.45, 7) is 2.60. The lowest BCUT2D eigenvalue weighted by Gasteiger charge is -2.09. The van der Waals surface area contributed by atoms with E-state index in [4.69, 9.17) is 11.6 Å². The van der Waals surface area contributed by atoms with Gasteiger partial charge in [0.1, 0.15) is 5.75 Å². The van der Waals surface area contributed by atoms with Crippen LogP contribution in [0, 0.1) is 6.92 Å². The summed E-state index contributed by atoms with van der Waals surface area (Å²) in [6, 6.07) is 9.04. The van der Waals surface area contributed by atoms with Crippen molar-refractivity contribution in [2.24, 2.45) is 0 Å². The molecule has 2 aromatic rings. The number of nitrogens with zero attached hydrogens (tertiary/aromatic N) is 1. The lowest BCUT2D eigenvalue weighted by molar-refractivity contribution is 0.475. The van der Waals surface area contributed by atoms with Crippen molar-refractivity contribution in [3.63, 3.8) is 0 Å². The maximum Gasteiger partial charge on any atom is 0.134 e. The van der Waals surface area contributed by atoms with Crippen LogP contribution in [0.25, 0.3) is 0 Å². The molecular formula is C13H13ClN2O. The number of hydrogen-bond donors (Lipinski definition) is 2. The quantitative estimate of drug-likeness (QED) is 0.876. The number of phenolic OH excluding ortho intramolecular Hbond substituents is 1. The number of aromatic nitrogens is 1. The minimum Gasteiger partial charge on any atom is -0.506 e. The summed E-state index contributed by atoms with van der Waals surface area (Å²) in [5.41, 5.74) is 2.96. The van der Waals surface area contributed by atoms with Crippen LogP contribution in [-0.2, 0) is 6.54 Å². The molecule has 0 aliphatic heterocycles. The van der Waals surface area contributed by atoms with E-state index in [1.54, 1.807) is 18.3 Å². The second-order valence-corrected chi connectivity index (χ2v) is 4.18. The van der Waals surface area contributed by atoms with E-state index in [0.29, 0.717) is 11.6 Å². The Hall–Kier alpha value is -1.74. The largest absolute Gasteiger partial charge is 0.506 e. The van der Waals surface area contributed by atoms with E-state index >= 15 is 0 Å². The highest BCUT2D eigenvalue weighted by Crippen LogP contribution is 2.24. The van der Waals surface area contributed by atoms with Crippen LogP contribution in [0.2, 0.25) is 5.02 Å². The number of anilines is 1. The number of nitrogens with one attached hydrogen (secondary N) is 1. The maximum atomic E-state index is 9.31. The molecule has 0 unspecified atom stereocenters. The number of halogens is 1. The van der Waals surface area contributed by atoms with E-state index in [1.807, 2.05) is 25.1 Å². The van der Waals surface area contributed by atoms with Gasteiger partial charge < -0.3 is 10.4 Å². The number of hydrogen-bond acceptors (Lipinski definition) is 3. The lowest BCUT2D eigenvalue weighted by Crippen LogP contribution is -2.01. The summed E-state index contributed by atoms with van der Waals surface area (Å²) >= 11 is 5.84. The first kappa shape index (κ1) is 11.7. The van der Waals surface area contributed by atoms with Gasteiger partial charge in [0.2, 0.25) is 0 Å². The number of aryl methyl sites for hydroxylation is 1. The van der Waals surface area contributed by atoms with Crippen LogP contribution < -0.4 is 5.32 Å². The summed E-state index contributed by atoms with van der Waals surface area (Å²) in [7, 11) is 0. The second-order valence-electron chi connectivity index (χ2n) is 3.78. The molecule has 0 saturated heterocycles. The van der Waals surface area contributed by atoms with E-state index in [-0.39, 0.29) is 5.75 Å². The third-order valence-corrected chi connectivity index (χ3v) is 2.80. The van der Waals surface area contributed by atoms with Gasteiger partial charge in [-0.2, -0.15) is 0 Å². The molecule has 0 aliphatic rings. The molecule has 0 bridgehead atoms. The van der Waals surface area contributed by atoms with Gasteiger partial charge in [-0.1, -0.05) is 17.7 Å². The Balaban J connectivity index is 2.08. The SMILES string of the molecule is Cc1ncccc1NCc1ccc(O)c(Cl)c1. The molecule has 0 saturated carbocycles. The van der Waals surface area contributed by atoms with Crippen molar-refractivity contribution < 1.29 is 5.11 Å². The van der Waals surface area contributed by atoms with Crippen molar-refractivity contribution in [1.82, 2.24) is 4.98 Å². The predicted octanol–water partition coefficient (Wildman–Crippen LogP) is 3.36. The highest BCUT2D eigenvalue weighted by atomic mass is 35.5. The number of aromatic hydroxyl groups is 1. The molecule has 0 spiro atoms. The molecule has 1 heterocycles. The van der Waals surface area contributed by atoms with E-state index in [2.05, 4.69) is 10.3 Å². The zero-order valence-electron chi connectivity index (χ0n) is 9.44. The van der Waals surface area contributed by atoms with Crippen molar-refractivity contribution in [3.8, 4) is 5.75 Å². The molecule has 4 heteroatoms. The summed E-state index contributed by atoms with van der Waals surface area (Å²) < 4.78 is 0. The van der Waals surface area contributed by atoms with Crippen LogP contribution in [0.1, 0.15) is 11.3 Å². The van der Waals surface area contributed by atoms with Gasteiger partial charge in [0.05, 0.1) is 16.4 Å². The topological polar surface area (TPSA) is 45.2 Å². The van der Waals surface area contributed by atoms with Gasteiger partial charge in [0, 0.05) is 12.7 Å². The fourth-order valence-corrected chi connectivity index (χ4v) is 1.73. The Bertz CT molecular complexity index is 529. The summed E-state index contributed by atoms with van der Waals surface area (Å²) in [5.74, 6) is 0.105. The molecular weight excluding hydrogens is 236 g/mol. The van der Waals surface area contributed by atoms with Gasteiger partial charge in [0.15, 0.2) is 0 Å². The monoisotopic (exact) mass is 248 g/mol. The molecule has 2 N–H and O–H groups in total. The highest BCUT2D eigenvalue weighted by Gasteiger charge is 2.01. The van der Waals surface area contributed by atoms with Gasteiger partial charge in [-0.25, -0.2) is 0 Å². The van der Waals surface area contributed by atoms with Crippen molar-refractivity contribution in [3.05, 3.63) is 52.8 Å². The van der Waals surface area contributed by atoms with Crippen molar-refractivity contribution in [2.75, 3.05) is 5.32 Å². The smallest absolute Gasteiger partial charge is 0.134 e. The van der Waals surface area contributed by atoms with Crippen LogP contribution in [0.4, 0.5) is 5.69 Å². The van der Waals surface area contributed by atoms with E-state index < -0.39 is 0 Å². The number of pyridine rings is 1. The summed E-state index contributed by atoms with van der Waals surface area (Å²) in [5, 5.41) is 13.0. The molecule has 2 rings (SSSR count). The zero-order chi connectivity index (χ0) is 12.3. The minimum atomic E-state index is 0.105. The van der Waals surface area contributed by atoms with Crippen LogP contribution in [0.5, 0.6) is 5.75 Å². The first-order valence-corrected chi connectivity index (χ1v) is 5.67. The fraction of sp³-hybridized carbons (Fsp3) is 0.154. The standard InChI is InChI=1S/C13H13ClN2O/c1-9-12(3-2-6-15-9)16-8-10-4-5-13(17)11(14)7-10/h2-7,16-17H,8H2,1H3. The molecule has 3 nitrogen and oxygen atoms in total. The first-order chi connectivity index (χ1) is 8.16. The van der Waals surface area contributed by atoms with Crippen molar-refractivity contribution >= 4 is 17.3 Å². The van der Waals surface area contributed by atoms with Gasteiger partial charge in [-0.05, 0) is 36.8 Å². The van der Waals surface area contributed by atoms with Crippen LogP contribution >= 0.6 is 11.6 Å². The predicted molar refractivity (Wildman–Crippen MR) is 69.4 cm³/mol. The number of phenols is 1. The molecule has 0 radical (unpaired) electrons. The summed E-state index contributed by atoms with van der Waals surface area (Å²) in [4.78, 5) is 4.19. The molecule has 1 aromatic carbocycles. The Morgan fingerprint density at radius 1 is 1.35 bits per heavy atom. The summed E-state index contributed by atoms with van der Waals surface area (Å²) in [6.07, 6.45) is 1.76. The molecule has 1 aromatic heterocycles. The Labute approximate surface area is 105 Å². The molecule has 0 atom stereocenters. The highest BCUT2D eigenvalue weighted by molar-refractivity contribution is 6.32. The lowest BCUT2D eigenvalue weighted by atomic mass is 10.2. The second kappa shape index (κ2) is 5.06. The van der Waals surface area contributed by atoms with Crippen molar-refractivity contribution in [1.29, 1.82) is 0 Å². The van der Waals surface area contributed by atoms with E-state index in [1.165, 1.54) is 0 Å². The first-order valence-electron chi connectivity index (χ1n) is 5.29. The van der Waals surface area contributed by atoms with Crippen LogP contribution in [-0.4, -0.2) is 10.1 Å². The van der Waals surface area contributed by atoms with Gasteiger partial charge in [0.25, 0.3) is 0 Å². The fourth-order valence-electron chi connectivity index (χ4n) is 1.53. The van der Waals surface area contributed by atoms with Crippen LogP contribution in [0.15, 0.2) is 36.5 Å². The van der Waals surface area contributed by atoms with Crippen molar-refractivity contribution in [2.45, 2.75) is 13.5 Å². The number of benzene rings is 1. The number of rotatable bonds is 3. The molecule has 88 valence electrons. The molecule has 17 heavy (non-hydrogen) atoms. The maximum absolute atomic E-state index is 9.31. The van der Waals surface area contributed by atoms with Gasteiger partial charge >= 0.3 is 0 Å². The van der Waals surface area contributed by atoms with Gasteiger partial charge in [-0.15, -0.1) is 0 Å². The van der Waals surface area contributed by atoms with E-state index in [0.717, 1.165) is 16.9 Å². The third kappa shape index (κ3) is 2.88. The molecule has 0 aliphatic carbocycles. The zero-order valence-corrected chi connectivity index (χ0v) is 10.2. The van der Waals surface area contributed by atoms with E-state index in [9.17, 15) is 5.11 Å². The minimum absolute atomic E-state index is 0.105. The average Bonchev–Trinajstić information content (AvgIpc) is 2.32. The molecule has 0 fully saturated rings. The Kier molecular flexibility index (Phi) is 3.49. The van der Waals surface area contributed by atoms with Crippen LogP contribution in [0.3, 0.4) is 0 Å². The molecule has 0 amide bonds. The third-order valence-electron chi connectivity index (χ3n) is 2.50. The normalized spacial score (nSPS) is 10.2. The Morgan fingerprint density at radius 2 is 2.18 bits per heavy atom.